The van der Waals surface area contributed by atoms with Crippen LogP contribution < -0.4 is 5.84 Å². The number of hydrogen-bond acceptors (Lipinski definition) is 2. The van der Waals surface area contributed by atoms with Gasteiger partial charge in [-0.3, -0.25) is 0 Å². The van der Waals surface area contributed by atoms with Crippen molar-refractivity contribution in [2.24, 2.45) is 10.9 Å². The Hall–Kier alpha value is -1.31. The van der Waals surface area contributed by atoms with E-state index in [4.69, 9.17) is 5.84 Å². The fraction of sp³-hybridized carbons (Fsp3) is 0.417. The maximum atomic E-state index is 5.21. The van der Waals surface area contributed by atoms with Crippen molar-refractivity contribution in [3.05, 3.63) is 35.4 Å². The first kappa shape index (κ1) is 10.8. The van der Waals surface area contributed by atoms with Crippen LogP contribution in [0.25, 0.3) is 0 Å². The minimum absolute atomic E-state index is 0.882. The first-order valence-corrected chi connectivity index (χ1v) is 5.11. The van der Waals surface area contributed by atoms with E-state index in [1.807, 2.05) is 6.92 Å². The molecule has 14 heavy (non-hydrogen) atoms. The third-order valence-corrected chi connectivity index (χ3v) is 2.38. The molecule has 2 heteroatoms. The quantitative estimate of drug-likeness (QED) is 0.442. The molecule has 0 unspecified atom stereocenters. The zero-order valence-electron chi connectivity index (χ0n) is 8.96. The summed E-state index contributed by atoms with van der Waals surface area (Å²) in [6.07, 6.45) is 3.66. The van der Waals surface area contributed by atoms with Gasteiger partial charge in [-0.1, -0.05) is 37.6 Å². The van der Waals surface area contributed by atoms with Crippen molar-refractivity contribution in [2.75, 3.05) is 0 Å². The molecule has 0 atom stereocenters. The molecule has 1 aromatic rings. The molecule has 0 radical (unpaired) electrons. The average molecular weight is 190 g/mol. The second-order valence-electron chi connectivity index (χ2n) is 3.51. The Morgan fingerprint density at radius 1 is 1.29 bits per heavy atom. The van der Waals surface area contributed by atoms with Crippen molar-refractivity contribution in [1.29, 1.82) is 0 Å². The van der Waals surface area contributed by atoms with E-state index >= 15 is 0 Å². The van der Waals surface area contributed by atoms with Crippen molar-refractivity contribution < 1.29 is 0 Å². The van der Waals surface area contributed by atoms with Crippen LogP contribution in [0.3, 0.4) is 0 Å². The highest BCUT2D eigenvalue weighted by molar-refractivity contribution is 5.98. The summed E-state index contributed by atoms with van der Waals surface area (Å²) in [5.74, 6) is 5.21. The van der Waals surface area contributed by atoms with Crippen LogP contribution in [0.4, 0.5) is 0 Å². The van der Waals surface area contributed by atoms with Crippen molar-refractivity contribution in [3.8, 4) is 0 Å². The second-order valence-corrected chi connectivity index (χ2v) is 3.51. The van der Waals surface area contributed by atoms with Gasteiger partial charge in [-0.05, 0) is 30.9 Å². The number of nitrogens with two attached hydrogens (primary N) is 1. The highest BCUT2D eigenvalue weighted by Gasteiger charge is 1.97. The fourth-order valence-corrected chi connectivity index (χ4v) is 1.37. The van der Waals surface area contributed by atoms with E-state index in [9.17, 15) is 0 Å². The first-order chi connectivity index (χ1) is 6.77. The molecule has 76 valence electrons. The molecule has 0 saturated carbocycles. The van der Waals surface area contributed by atoms with Gasteiger partial charge in [0.05, 0.1) is 5.71 Å². The predicted molar refractivity (Wildman–Crippen MR) is 61.5 cm³/mol. The van der Waals surface area contributed by atoms with Crippen LogP contribution >= 0.6 is 0 Å². The Balaban J connectivity index is 2.68. The Kier molecular flexibility index (Phi) is 4.17. The average Bonchev–Trinajstić information content (AvgIpc) is 2.26. The number of rotatable bonds is 4. The summed E-state index contributed by atoms with van der Waals surface area (Å²) in [5, 5.41) is 3.67. The van der Waals surface area contributed by atoms with Crippen LogP contribution in [0.1, 0.15) is 37.8 Å². The van der Waals surface area contributed by atoms with E-state index in [0.717, 1.165) is 17.7 Å². The fourth-order valence-electron chi connectivity index (χ4n) is 1.37. The number of hydrazone groups is 1. The summed E-state index contributed by atoms with van der Waals surface area (Å²) in [6, 6.07) is 8.46. The molecule has 0 aliphatic heterocycles. The highest BCUT2D eigenvalue weighted by atomic mass is 15.1. The lowest BCUT2D eigenvalue weighted by atomic mass is 10.0. The van der Waals surface area contributed by atoms with Crippen LogP contribution in [-0.4, -0.2) is 5.71 Å². The van der Waals surface area contributed by atoms with Crippen molar-refractivity contribution in [2.45, 2.75) is 33.1 Å². The molecule has 0 bridgehead atoms. The third kappa shape index (κ3) is 2.87. The van der Waals surface area contributed by atoms with Crippen molar-refractivity contribution >= 4 is 5.71 Å². The van der Waals surface area contributed by atoms with E-state index in [2.05, 4.69) is 36.3 Å². The predicted octanol–water partition coefficient (Wildman–Crippen LogP) is 2.71. The molecule has 0 saturated heterocycles. The molecule has 0 aliphatic rings. The lowest BCUT2D eigenvalue weighted by Crippen LogP contribution is -1.98. The molecule has 0 aliphatic carbocycles. The van der Waals surface area contributed by atoms with Crippen LogP contribution in [0.15, 0.2) is 29.4 Å². The normalized spacial score (nSPS) is 11.7. The number of hydrogen-bond donors (Lipinski definition) is 1. The van der Waals surface area contributed by atoms with E-state index < -0.39 is 0 Å². The zero-order chi connectivity index (χ0) is 10.4. The van der Waals surface area contributed by atoms with Gasteiger partial charge in [0, 0.05) is 0 Å². The number of aryl methyl sites for hydroxylation is 1. The van der Waals surface area contributed by atoms with Crippen LogP contribution in [0.2, 0.25) is 0 Å². The van der Waals surface area contributed by atoms with Crippen LogP contribution in [0.5, 0.6) is 0 Å². The maximum absolute atomic E-state index is 5.21. The molecule has 1 rings (SSSR count). The lowest BCUT2D eigenvalue weighted by molar-refractivity contribution is 0.795. The molecular weight excluding hydrogens is 172 g/mol. The SMILES string of the molecule is CCCCc1ccc(/C(C)=N/N)cc1. The van der Waals surface area contributed by atoms with Crippen molar-refractivity contribution in [1.82, 2.24) is 0 Å². The minimum atomic E-state index is 0.882. The van der Waals surface area contributed by atoms with Crippen LogP contribution in [-0.2, 0) is 6.42 Å². The second kappa shape index (κ2) is 5.43. The van der Waals surface area contributed by atoms with E-state index in [1.165, 1.54) is 18.4 Å². The van der Waals surface area contributed by atoms with E-state index in [0.29, 0.717) is 0 Å². The Bertz CT molecular complexity index is 299. The largest absolute Gasteiger partial charge is 0.323 e. The standard InChI is InChI=1S/C12H18N2/c1-3-4-5-11-6-8-12(9-7-11)10(2)14-13/h6-9H,3-5,13H2,1-2H3/b14-10+. The van der Waals surface area contributed by atoms with Gasteiger partial charge in [-0.15, -0.1) is 0 Å². The van der Waals surface area contributed by atoms with Gasteiger partial charge >= 0.3 is 0 Å². The summed E-state index contributed by atoms with van der Waals surface area (Å²) in [6.45, 7) is 4.13. The lowest BCUT2D eigenvalue weighted by Gasteiger charge is -2.02. The Labute approximate surface area is 85.8 Å². The van der Waals surface area contributed by atoms with Crippen LogP contribution in [0, 0.1) is 0 Å². The highest BCUT2D eigenvalue weighted by Crippen LogP contribution is 2.08. The van der Waals surface area contributed by atoms with Gasteiger partial charge in [0.15, 0.2) is 0 Å². The van der Waals surface area contributed by atoms with Gasteiger partial charge < -0.3 is 5.84 Å². The Morgan fingerprint density at radius 2 is 1.93 bits per heavy atom. The molecule has 0 fully saturated rings. The van der Waals surface area contributed by atoms with E-state index in [1.54, 1.807) is 0 Å². The molecule has 2 nitrogen and oxygen atoms in total. The molecule has 0 aromatic heterocycles. The molecule has 2 N–H and O–H groups in total. The first-order valence-electron chi connectivity index (χ1n) is 5.11. The van der Waals surface area contributed by atoms with Gasteiger partial charge in [-0.2, -0.15) is 5.10 Å². The molecular formula is C12H18N2. The number of benzene rings is 1. The number of unbranched alkanes of at least 4 members (excludes halogenated alkanes) is 1. The Morgan fingerprint density at radius 3 is 2.43 bits per heavy atom. The molecule has 1 aromatic carbocycles. The monoisotopic (exact) mass is 190 g/mol. The summed E-state index contributed by atoms with van der Waals surface area (Å²) < 4.78 is 0. The van der Waals surface area contributed by atoms with Gasteiger partial charge in [0.25, 0.3) is 0 Å². The summed E-state index contributed by atoms with van der Waals surface area (Å²) in [7, 11) is 0. The summed E-state index contributed by atoms with van der Waals surface area (Å²) in [5.41, 5.74) is 3.38. The van der Waals surface area contributed by atoms with Gasteiger partial charge in [0.2, 0.25) is 0 Å². The van der Waals surface area contributed by atoms with Gasteiger partial charge in [0.1, 0.15) is 0 Å². The van der Waals surface area contributed by atoms with Crippen molar-refractivity contribution in [3.63, 3.8) is 0 Å². The topological polar surface area (TPSA) is 38.4 Å². The maximum Gasteiger partial charge on any atom is 0.0641 e. The smallest absolute Gasteiger partial charge is 0.0641 e. The molecule has 0 spiro atoms. The summed E-state index contributed by atoms with van der Waals surface area (Å²) in [4.78, 5) is 0. The minimum Gasteiger partial charge on any atom is -0.323 e. The van der Waals surface area contributed by atoms with Gasteiger partial charge in [-0.25, -0.2) is 0 Å². The third-order valence-electron chi connectivity index (χ3n) is 2.38. The molecule has 0 amide bonds. The number of nitrogens with zero attached hydrogens (tertiary/aromatic N) is 1. The summed E-state index contributed by atoms with van der Waals surface area (Å²) >= 11 is 0. The van der Waals surface area contributed by atoms with E-state index in [-0.39, 0.29) is 0 Å². The molecule has 0 heterocycles. The zero-order valence-corrected chi connectivity index (χ0v) is 8.96.